The Morgan fingerprint density at radius 1 is 1.46 bits per heavy atom. The number of anilines is 1. The summed E-state index contributed by atoms with van der Waals surface area (Å²) in [5.41, 5.74) is 3.10. The number of nitrogens with one attached hydrogen (secondary N) is 1. The van der Waals surface area contributed by atoms with Gasteiger partial charge in [-0.25, -0.2) is 0 Å². The van der Waals surface area contributed by atoms with Crippen LogP contribution in [0.3, 0.4) is 0 Å². The van der Waals surface area contributed by atoms with Crippen LogP contribution in [0.15, 0.2) is 16.0 Å². The van der Waals surface area contributed by atoms with E-state index in [0.717, 1.165) is 33.6 Å². The van der Waals surface area contributed by atoms with Crippen LogP contribution in [0.25, 0.3) is 6.08 Å². The van der Waals surface area contributed by atoms with E-state index in [2.05, 4.69) is 33.9 Å². The Balaban J connectivity index is 2.21. The molecule has 8 heteroatoms. The van der Waals surface area contributed by atoms with E-state index in [-0.39, 0.29) is 5.57 Å². The molecule has 0 fully saturated rings. The molecule has 2 heterocycles. The standard InChI is InChI=1S/C18H23N5OS2/c1-6-25-18-22-21-17(26-18)20-16(24)15(9-19)8-14-7-12(4)23(13(14)5)10-11(2)3/h7-8,11H,6,10H2,1-5H3,(H,20,21,24)/b15-8+. The molecule has 0 spiro atoms. The van der Waals surface area contributed by atoms with Crippen LogP contribution in [-0.4, -0.2) is 26.4 Å². The van der Waals surface area contributed by atoms with Crippen molar-refractivity contribution in [2.45, 2.75) is 45.5 Å². The van der Waals surface area contributed by atoms with Gasteiger partial charge in [-0.1, -0.05) is 43.9 Å². The summed E-state index contributed by atoms with van der Waals surface area (Å²) in [4.78, 5) is 12.4. The zero-order valence-corrected chi connectivity index (χ0v) is 17.3. The average molecular weight is 390 g/mol. The monoisotopic (exact) mass is 389 g/mol. The fourth-order valence-electron chi connectivity index (χ4n) is 2.53. The molecule has 2 rings (SSSR count). The molecule has 0 aromatic carbocycles. The van der Waals surface area contributed by atoms with Crippen molar-refractivity contribution < 1.29 is 4.79 Å². The molecule has 26 heavy (non-hydrogen) atoms. The van der Waals surface area contributed by atoms with Crippen LogP contribution in [0.2, 0.25) is 0 Å². The van der Waals surface area contributed by atoms with E-state index in [4.69, 9.17) is 0 Å². The molecule has 0 atom stereocenters. The van der Waals surface area contributed by atoms with Crippen molar-refractivity contribution in [3.8, 4) is 6.07 Å². The van der Waals surface area contributed by atoms with E-state index in [1.807, 2.05) is 32.9 Å². The number of hydrogen-bond acceptors (Lipinski definition) is 6. The van der Waals surface area contributed by atoms with Crippen molar-refractivity contribution >= 4 is 40.2 Å². The molecule has 0 saturated carbocycles. The maximum Gasteiger partial charge on any atom is 0.268 e. The predicted molar refractivity (Wildman–Crippen MR) is 107 cm³/mol. The first-order valence-corrected chi connectivity index (χ1v) is 10.2. The third-order valence-electron chi connectivity index (χ3n) is 3.72. The molecular formula is C18H23N5OS2. The summed E-state index contributed by atoms with van der Waals surface area (Å²) < 4.78 is 3.00. The number of carbonyl (C=O) groups is 1. The zero-order valence-electron chi connectivity index (χ0n) is 15.7. The van der Waals surface area contributed by atoms with Crippen molar-refractivity contribution in [2.75, 3.05) is 11.1 Å². The van der Waals surface area contributed by atoms with Crippen molar-refractivity contribution in [3.63, 3.8) is 0 Å². The Labute approximate surface area is 162 Å². The summed E-state index contributed by atoms with van der Waals surface area (Å²) in [5.74, 6) is 0.936. The number of thioether (sulfide) groups is 1. The maximum absolute atomic E-state index is 12.4. The molecule has 2 aromatic rings. The van der Waals surface area contributed by atoms with E-state index in [1.54, 1.807) is 17.8 Å². The van der Waals surface area contributed by atoms with Crippen LogP contribution in [-0.2, 0) is 11.3 Å². The van der Waals surface area contributed by atoms with Gasteiger partial charge in [-0.15, -0.1) is 10.2 Å². The van der Waals surface area contributed by atoms with Crippen molar-refractivity contribution in [2.24, 2.45) is 5.92 Å². The van der Waals surface area contributed by atoms with E-state index >= 15 is 0 Å². The SMILES string of the molecule is CCSc1nnc(NC(=O)/C(C#N)=C/c2cc(C)n(CC(C)C)c2C)s1. The fraction of sp³-hybridized carbons (Fsp3) is 0.444. The lowest BCUT2D eigenvalue weighted by Crippen LogP contribution is -2.13. The van der Waals surface area contributed by atoms with Gasteiger partial charge in [-0.05, 0) is 43.2 Å². The summed E-state index contributed by atoms with van der Waals surface area (Å²) in [6.07, 6.45) is 1.64. The molecule has 138 valence electrons. The van der Waals surface area contributed by atoms with E-state index in [0.29, 0.717) is 11.0 Å². The minimum Gasteiger partial charge on any atom is -0.348 e. The number of amides is 1. The topological polar surface area (TPSA) is 83.6 Å². The first kappa shape index (κ1) is 20.2. The molecule has 6 nitrogen and oxygen atoms in total. The third-order valence-corrected chi connectivity index (χ3v) is 5.57. The summed E-state index contributed by atoms with van der Waals surface area (Å²) in [6.45, 7) is 11.3. The lowest BCUT2D eigenvalue weighted by Gasteiger charge is -2.12. The number of rotatable bonds is 7. The normalized spacial score (nSPS) is 11.7. The predicted octanol–water partition coefficient (Wildman–Crippen LogP) is 4.27. The van der Waals surface area contributed by atoms with Gasteiger partial charge in [0.1, 0.15) is 11.6 Å². The number of hydrogen-bond donors (Lipinski definition) is 1. The Morgan fingerprint density at radius 2 is 2.19 bits per heavy atom. The number of nitriles is 1. The summed E-state index contributed by atoms with van der Waals surface area (Å²) in [5, 5.41) is 20.4. The summed E-state index contributed by atoms with van der Waals surface area (Å²) >= 11 is 2.87. The minimum absolute atomic E-state index is 0.0506. The second kappa shape index (κ2) is 9.01. The first-order chi connectivity index (χ1) is 12.3. The average Bonchev–Trinajstić information content (AvgIpc) is 3.12. The smallest absolute Gasteiger partial charge is 0.268 e. The van der Waals surface area contributed by atoms with Crippen LogP contribution in [0.5, 0.6) is 0 Å². The molecule has 0 unspecified atom stereocenters. The highest BCUT2D eigenvalue weighted by Gasteiger charge is 2.15. The Morgan fingerprint density at radius 3 is 2.81 bits per heavy atom. The highest BCUT2D eigenvalue weighted by Crippen LogP contribution is 2.25. The summed E-state index contributed by atoms with van der Waals surface area (Å²) in [7, 11) is 0. The molecule has 1 amide bonds. The van der Waals surface area contributed by atoms with Gasteiger partial charge in [0.05, 0.1) is 0 Å². The highest BCUT2D eigenvalue weighted by molar-refractivity contribution is 8.01. The Bertz CT molecular complexity index is 858. The molecular weight excluding hydrogens is 366 g/mol. The minimum atomic E-state index is -0.467. The lowest BCUT2D eigenvalue weighted by atomic mass is 10.1. The fourth-order valence-corrected chi connectivity index (χ4v) is 4.17. The van der Waals surface area contributed by atoms with Crippen LogP contribution in [0.4, 0.5) is 5.13 Å². The van der Waals surface area contributed by atoms with Crippen LogP contribution in [0.1, 0.15) is 37.7 Å². The molecule has 0 aliphatic heterocycles. The van der Waals surface area contributed by atoms with Crippen LogP contribution in [0, 0.1) is 31.1 Å². The second-order valence-electron chi connectivity index (χ2n) is 6.26. The van der Waals surface area contributed by atoms with Crippen LogP contribution < -0.4 is 5.32 Å². The zero-order chi connectivity index (χ0) is 19.3. The van der Waals surface area contributed by atoms with Gasteiger partial charge in [0, 0.05) is 17.9 Å². The first-order valence-electron chi connectivity index (χ1n) is 8.41. The van der Waals surface area contributed by atoms with Gasteiger partial charge in [0.2, 0.25) is 5.13 Å². The quantitative estimate of drug-likeness (QED) is 0.331. The third kappa shape index (κ3) is 4.96. The van der Waals surface area contributed by atoms with Crippen molar-refractivity contribution in [1.29, 1.82) is 5.26 Å². The van der Waals surface area contributed by atoms with E-state index in [9.17, 15) is 10.1 Å². The van der Waals surface area contributed by atoms with Gasteiger partial charge in [-0.3, -0.25) is 10.1 Å². The largest absolute Gasteiger partial charge is 0.348 e. The van der Waals surface area contributed by atoms with Gasteiger partial charge in [-0.2, -0.15) is 5.26 Å². The van der Waals surface area contributed by atoms with Gasteiger partial charge >= 0.3 is 0 Å². The number of aromatic nitrogens is 3. The lowest BCUT2D eigenvalue weighted by molar-refractivity contribution is -0.112. The molecule has 0 bridgehead atoms. The van der Waals surface area contributed by atoms with E-state index < -0.39 is 5.91 Å². The Hall–Kier alpha value is -2.11. The molecule has 0 aliphatic rings. The molecule has 0 aliphatic carbocycles. The van der Waals surface area contributed by atoms with Gasteiger partial charge < -0.3 is 4.57 Å². The van der Waals surface area contributed by atoms with Crippen LogP contribution >= 0.6 is 23.1 Å². The molecule has 0 radical (unpaired) electrons. The second-order valence-corrected chi connectivity index (χ2v) is 8.75. The number of nitrogens with zero attached hydrogens (tertiary/aromatic N) is 4. The number of carbonyl (C=O) groups excluding carboxylic acids is 1. The van der Waals surface area contributed by atoms with Gasteiger partial charge in [0.15, 0.2) is 4.34 Å². The van der Waals surface area contributed by atoms with Crippen molar-refractivity contribution in [1.82, 2.24) is 14.8 Å². The molecule has 1 N–H and O–H groups in total. The van der Waals surface area contributed by atoms with Gasteiger partial charge in [0.25, 0.3) is 5.91 Å². The number of aryl methyl sites for hydroxylation is 1. The summed E-state index contributed by atoms with van der Waals surface area (Å²) in [6, 6.07) is 3.99. The van der Waals surface area contributed by atoms with Crippen molar-refractivity contribution in [3.05, 3.63) is 28.6 Å². The molecule has 2 aromatic heterocycles. The Kier molecular flexibility index (Phi) is 7.00. The highest BCUT2D eigenvalue weighted by atomic mass is 32.2. The van der Waals surface area contributed by atoms with E-state index in [1.165, 1.54) is 11.3 Å². The molecule has 0 saturated heterocycles. The maximum atomic E-state index is 12.4.